The molecule has 0 aliphatic carbocycles. The Balaban J connectivity index is 1.48. The SMILES string of the molecule is c1cnc(N2CCN(c3nccc(-c4cccnc4)n3)CC2)nc1. The van der Waals surface area contributed by atoms with Crippen LogP contribution in [0.25, 0.3) is 11.3 Å². The maximum absolute atomic E-state index is 4.69. The molecule has 0 amide bonds. The molecule has 7 heteroatoms. The number of rotatable bonds is 3. The molecule has 1 saturated heterocycles. The van der Waals surface area contributed by atoms with Gasteiger partial charge in [-0.15, -0.1) is 0 Å². The van der Waals surface area contributed by atoms with E-state index in [9.17, 15) is 0 Å². The largest absolute Gasteiger partial charge is 0.337 e. The minimum atomic E-state index is 0.755. The van der Waals surface area contributed by atoms with Gasteiger partial charge in [-0.1, -0.05) is 0 Å². The lowest BCUT2D eigenvalue weighted by atomic mass is 10.2. The van der Waals surface area contributed by atoms with Crippen LogP contribution in [0.2, 0.25) is 0 Å². The van der Waals surface area contributed by atoms with Crippen molar-refractivity contribution in [1.82, 2.24) is 24.9 Å². The minimum absolute atomic E-state index is 0.755. The van der Waals surface area contributed by atoms with Crippen molar-refractivity contribution >= 4 is 11.9 Å². The Hall–Kier alpha value is -3.09. The highest BCUT2D eigenvalue weighted by Gasteiger charge is 2.20. The zero-order valence-corrected chi connectivity index (χ0v) is 13.2. The predicted octanol–water partition coefficient (Wildman–Crippen LogP) is 1.66. The van der Waals surface area contributed by atoms with Crippen LogP contribution in [0.4, 0.5) is 11.9 Å². The third kappa shape index (κ3) is 3.01. The molecule has 0 atom stereocenters. The van der Waals surface area contributed by atoms with Gasteiger partial charge in [0.2, 0.25) is 11.9 Å². The van der Waals surface area contributed by atoms with Crippen molar-refractivity contribution in [3.8, 4) is 11.3 Å². The fourth-order valence-electron chi connectivity index (χ4n) is 2.74. The number of hydrogen-bond donors (Lipinski definition) is 0. The van der Waals surface area contributed by atoms with Gasteiger partial charge in [-0.2, -0.15) is 0 Å². The first kappa shape index (κ1) is 14.5. The van der Waals surface area contributed by atoms with E-state index in [0.717, 1.165) is 49.3 Å². The molecule has 0 bridgehead atoms. The van der Waals surface area contributed by atoms with Gasteiger partial charge in [-0.3, -0.25) is 4.98 Å². The molecule has 0 spiro atoms. The Morgan fingerprint density at radius 2 is 1.42 bits per heavy atom. The van der Waals surface area contributed by atoms with Crippen LogP contribution >= 0.6 is 0 Å². The Kier molecular flexibility index (Phi) is 3.97. The Morgan fingerprint density at radius 1 is 0.708 bits per heavy atom. The highest BCUT2D eigenvalue weighted by Crippen LogP contribution is 2.19. The number of hydrogen-bond acceptors (Lipinski definition) is 7. The standard InChI is InChI=1S/C17H17N7/c1-3-14(13-18-5-1)15-4-8-21-17(22-15)24-11-9-23(10-12-24)16-19-6-2-7-20-16/h1-8,13H,9-12H2. The van der Waals surface area contributed by atoms with Crippen LogP contribution in [-0.2, 0) is 0 Å². The summed E-state index contributed by atoms with van der Waals surface area (Å²) in [5.74, 6) is 1.53. The molecule has 3 aromatic rings. The number of piperazine rings is 1. The van der Waals surface area contributed by atoms with Gasteiger partial charge in [0.05, 0.1) is 5.69 Å². The van der Waals surface area contributed by atoms with Gasteiger partial charge in [0, 0.05) is 62.7 Å². The van der Waals surface area contributed by atoms with Crippen molar-refractivity contribution in [2.45, 2.75) is 0 Å². The summed E-state index contributed by atoms with van der Waals surface area (Å²) >= 11 is 0. The van der Waals surface area contributed by atoms with Crippen molar-refractivity contribution in [1.29, 1.82) is 0 Å². The minimum Gasteiger partial charge on any atom is -0.337 e. The second-order valence-corrected chi connectivity index (χ2v) is 5.51. The van der Waals surface area contributed by atoms with Crippen molar-refractivity contribution < 1.29 is 0 Å². The number of aromatic nitrogens is 5. The fourth-order valence-corrected chi connectivity index (χ4v) is 2.74. The molecule has 3 aromatic heterocycles. The Morgan fingerprint density at radius 3 is 2.12 bits per heavy atom. The fraction of sp³-hybridized carbons (Fsp3) is 0.235. The van der Waals surface area contributed by atoms with E-state index in [0.29, 0.717) is 0 Å². The average Bonchev–Trinajstić information content (AvgIpc) is 2.70. The molecule has 0 unspecified atom stereocenters. The Labute approximate surface area is 140 Å². The normalized spacial score (nSPS) is 14.7. The highest BCUT2D eigenvalue weighted by molar-refractivity contribution is 5.58. The van der Waals surface area contributed by atoms with E-state index in [4.69, 9.17) is 0 Å². The molecular weight excluding hydrogens is 302 g/mol. The summed E-state index contributed by atoms with van der Waals surface area (Å²) in [5.41, 5.74) is 1.89. The van der Waals surface area contributed by atoms with Gasteiger partial charge >= 0.3 is 0 Å². The average molecular weight is 319 g/mol. The van der Waals surface area contributed by atoms with Gasteiger partial charge in [-0.05, 0) is 24.3 Å². The summed E-state index contributed by atoms with van der Waals surface area (Å²) in [6, 6.07) is 7.66. The summed E-state index contributed by atoms with van der Waals surface area (Å²) in [6.45, 7) is 3.39. The first-order valence-electron chi connectivity index (χ1n) is 7.90. The van der Waals surface area contributed by atoms with Crippen molar-refractivity contribution in [2.75, 3.05) is 36.0 Å². The quantitative estimate of drug-likeness (QED) is 0.727. The van der Waals surface area contributed by atoms with Crippen molar-refractivity contribution in [2.24, 2.45) is 0 Å². The van der Waals surface area contributed by atoms with Gasteiger partial charge in [0.1, 0.15) is 0 Å². The summed E-state index contributed by atoms with van der Waals surface area (Å²) in [5, 5.41) is 0. The number of pyridine rings is 1. The first-order chi connectivity index (χ1) is 11.9. The van der Waals surface area contributed by atoms with E-state index >= 15 is 0 Å². The molecule has 1 fully saturated rings. The topological polar surface area (TPSA) is 70.9 Å². The lowest BCUT2D eigenvalue weighted by Crippen LogP contribution is -2.47. The van der Waals surface area contributed by atoms with E-state index in [-0.39, 0.29) is 0 Å². The molecule has 0 aromatic carbocycles. The van der Waals surface area contributed by atoms with E-state index < -0.39 is 0 Å². The zero-order chi connectivity index (χ0) is 16.2. The van der Waals surface area contributed by atoms with Crippen LogP contribution < -0.4 is 9.80 Å². The van der Waals surface area contributed by atoms with E-state index in [1.807, 2.05) is 30.5 Å². The summed E-state index contributed by atoms with van der Waals surface area (Å²) in [4.78, 5) is 26.3. The second kappa shape index (κ2) is 6.57. The van der Waals surface area contributed by atoms with Gasteiger partial charge < -0.3 is 9.80 Å². The zero-order valence-electron chi connectivity index (χ0n) is 13.2. The number of nitrogens with zero attached hydrogens (tertiary/aromatic N) is 7. The molecular formula is C17H17N7. The van der Waals surface area contributed by atoms with Crippen molar-refractivity contribution in [3.63, 3.8) is 0 Å². The molecule has 1 aliphatic heterocycles. The summed E-state index contributed by atoms with van der Waals surface area (Å²) < 4.78 is 0. The molecule has 7 nitrogen and oxygen atoms in total. The molecule has 4 rings (SSSR count). The second-order valence-electron chi connectivity index (χ2n) is 5.51. The third-order valence-electron chi connectivity index (χ3n) is 4.00. The maximum atomic E-state index is 4.69. The van der Waals surface area contributed by atoms with Crippen LogP contribution in [0.3, 0.4) is 0 Å². The van der Waals surface area contributed by atoms with Crippen LogP contribution in [0, 0.1) is 0 Å². The Bertz CT molecular complexity index is 786. The number of anilines is 2. The summed E-state index contributed by atoms with van der Waals surface area (Å²) in [7, 11) is 0. The molecule has 0 N–H and O–H groups in total. The molecule has 1 aliphatic rings. The smallest absolute Gasteiger partial charge is 0.225 e. The van der Waals surface area contributed by atoms with E-state index in [2.05, 4.69) is 34.7 Å². The molecule has 0 radical (unpaired) electrons. The molecule has 120 valence electrons. The molecule has 4 heterocycles. The van der Waals surface area contributed by atoms with Crippen molar-refractivity contribution in [3.05, 3.63) is 55.2 Å². The van der Waals surface area contributed by atoms with Gasteiger partial charge in [-0.25, -0.2) is 19.9 Å². The lowest BCUT2D eigenvalue weighted by molar-refractivity contribution is 0.628. The van der Waals surface area contributed by atoms with Crippen LogP contribution in [0.5, 0.6) is 0 Å². The van der Waals surface area contributed by atoms with Gasteiger partial charge in [0.15, 0.2) is 0 Å². The maximum Gasteiger partial charge on any atom is 0.225 e. The van der Waals surface area contributed by atoms with E-state index in [1.54, 1.807) is 24.8 Å². The summed E-state index contributed by atoms with van der Waals surface area (Å²) in [6.07, 6.45) is 8.93. The van der Waals surface area contributed by atoms with Crippen LogP contribution in [0.1, 0.15) is 0 Å². The third-order valence-corrected chi connectivity index (χ3v) is 4.00. The molecule has 24 heavy (non-hydrogen) atoms. The predicted molar refractivity (Wildman–Crippen MR) is 91.7 cm³/mol. The van der Waals surface area contributed by atoms with E-state index in [1.165, 1.54) is 0 Å². The lowest BCUT2D eigenvalue weighted by Gasteiger charge is -2.34. The monoisotopic (exact) mass is 319 g/mol. The first-order valence-corrected chi connectivity index (χ1v) is 7.90. The van der Waals surface area contributed by atoms with Gasteiger partial charge in [0.25, 0.3) is 0 Å². The van der Waals surface area contributed by atoms with Crippen LogP contribution in [-0.4, -0.2) is 51.1 Å². The highest BCUT2D eigenvalue weighted by atomic mass is 15.3. The van der Waals surface area contributed by atoms with Crippen LogP contribution in [0.15, 0.2) is 55.2 Å². The molecule has 0 saturated carbocycles.